The summed E-state index contributed by atoms with van der Waals surface area (Å²) in [6.07, 6.45) is 3.02. The number of nitrogens with zero attached hydrogens (tertiary/aromatic N) is 1. The third-order valence-electron chi connectivity index (χ3n) is 1.00. The van der Waals surface area contributed by atoms with Gasteiger partial charge in [-0.2, -0.15) is 0 Å². The van der Waals surface area contributed by atoms with Gasteiger partial charge in [0.05, 0.1) is 0 Å². The Morgan fingerprint density at radius 1 is 0.867 bits per heavy atom. The van der Waals surface area contributed by atoms with Crippen LogP contribution in [0.5, 0.6) is 0 Å². The standard InChI is InChI=1S/C5H6BNO2.4ClH.2Mg/c8-6(9)5-1-3-7-4-2-5;;;;;;/h1-4,8-9H;4*1H;;/q;;;;;2*+2/p-4. The Balaban J connectivity index is -0.0000000337. The van der Waals surface area contributed by atoms with Crippen LogP contribution in [0, 0.1) is 0 Å². The van der Waals surface area contributed by atoms with E-state index in [4.69, 9.17) is 10.0 Å². The van der Waals surface area contributed by atoms with Gasteiger partial charge in [-0.1, -0.05) is 0 Å². The van der Waals surface area contributed by atoms with Crippen molar-refractivity contribution in [3.63, 3.8) is 0 Å². The summed E-state index contributed by atoms with van der Waals surface area (Å²) in [5, 5.41) is 17.1. The van der Waals surface area contributed by atoms with Crippen molar-refractivity contribution < 1.29 is 59.7 Å². The summed E-state index contributed by atoms with van der Waals surface area (Å²) in [4.78, 5) is 3.71. The Morgan fingerprint density at radius 3 is 1.40 bits per heavy atom. The van der Waals surface area contributed by atoms with E-state index in [1.54, 1.807) is 12.1 Å². The summed E-state index contributed by atoms with van der Waals surface area (Å²) >= 11 is 0. The van der Waals surface area contributed by atoms with Crippen LogP contribution in [0.25, 0.3) is 0 Å². The molecule has 0 aromatic carbocycles. The van der Waals surface area contributed by atoms with E-state index in [0.29, 0.717) is 5.46 Å². The molecule has 0 bridgehead atoms. The normalized spacial score (nSPS) is 5.47. The third kappa shape index (κ3) is 15.8. The van der Waals surface area contributed by atoms with E-state index < -0.39 is 7.12 Å². The molecule has 0 aliphatic heterocycles. The smallest absolute Gasteiger partial charge is 1.00 e. The number of pyridine rings is 1. The SMILES string of the molecule is OB(O)c1ccncc1.[Cl-].[Cl-].[Cl-].[Cl-].[Mg+2].[Mg+2]. The van der Waals surface area contributed by atoms with Crippen molar-refractivity contribution in [3.05, 3.63) is 24.5 Å². The summed E-state index contributed by atoms with van der Waals surface area (Å²) in [5.74, 6) is 0. The minimum atomic E-state index is -1.38. The molecule has 0 radical (unpaired) electrons. The zero-order chi connectivity index (χ0) is 6.69. The Labute approximate surface area is 146 Å². The van der Waals surface area contributed by atoms with E-state index in [-0.39, 0.29) is 95.7 Å². The number of aromatic nitrogens is 1. The minimum absolute atomic E-state index is 0. The molecule has 10 heteroatoms. The molecule has 0 spiro atoms. The molecule has 1 aromatic rings. The maximum Gasteiger partial charge on any atom is 2.00 e. The molecule has 0 saturated heterocycles. The fourth-order valence-corrected chi connectivity index (χ4v) is 0.536. The molecule has 1 heterocycles. The van der Waals surface area contributed by atoms with Crippen LogP contribution in [0.15, 0.2) is 24.5 Å². The van der Waals surface area contributed by atoms with Crippen LogP contribution in [-0.4, -0.2) is 68.3 Å². The topological polar surface area (TPSA) is 53.4 Å². The van der Waals surface area contributed by atoms with Crippen LogP contribution < -0.4 is 55.1 Å². The van der Waals surface area contributed by atoms with Crippen molar-refractivity contribution in [2.24, 2.45) is 0 Å². The predicted molar refractivity (Wildman–Crippen MR) is 45.6 cm³/mol. The van der Waals surface area contributed by atoms with E-state index in [1.807, 2.05) is 0 Å². The summed E-state index contributed by atoms with van der Waals surface area (Å²) in [6.45, 7) is 0. The van der Waals surface area contributed by atoms with Gasteiger partial charge >= 0.3 is 53.2 Å². The number of hydrogen-bond donors (Lipinski definition) is 2. The predicted octanol–water partition coefficient (Wildman–Crippen LogP) is -14.0. The first kappa shape index (κ1) is 36.0. The molecule has 0 aliphatic rings. The molecule has 0 unspecified atom stereocenters. The molecule has 1 rings (SSSR count). The zero-order valence-corrected chi connectivity index (χ0v) is 13.5. The molecular weight excluding hydrogens is 307 g/mol. The maximum atomic E-state index is 8.55. The van der Waals surface area contributed by atoms with Gasteiger partial charge in [0.1, 0.15) is 0 Å². The van der Waals surface area contributed by atoms with Crippen LogP contribution in [0.1, 0.15) is 0 Å². The molecule has 2 N–H and O–H groups in total. The minimum Gasteiger partial charge on any atom is -1.00 e. The fourth-order valence-electron chi connectivity index (χ4n) is 0.536. The monoisotopic (exact) mass is 311 g/mol. The second-order valence-corrected chi connectivity index (χ2v) is 1.65. The molecule has 0 saturated carbocycles. The molecule has 78 valence electrons. The number of rotatable bonds is 1. The molecule has 0 fully saturated rings. The van der Waals surface area contributed by atoms with E-state index in [0.717, 1.165) is 0 Å². The second kappa shape index (κ2) is 21.1. The number of halogens is 4. The van der Waals surface area contributed by atoms with Gasteiger partial charge in [-0.3, -0.25) is 4.98 Å². The van der Waals surface area contributed by atoms with Crippen molar-refractivity contribution in [2.45, 2.75) is 0 Å². The largest absolute Gasteiger partial charge is 2.00 e. The van der Waals surface area contributed by atoms with Crippen LogP contribution in [0.4, 0.5) is 0 Å². The van der Waals surface area contributed by atoms with Gasteiger partial charge in [0.2, 0.25) is 0 Å². The van der Waals surface area contributed by atoms with Crippen molar-refractivity contribution in [1.82, 2.24) is 4.98 Å². The third-order valence-corrected chi connectivity index (χ3v) is 1.00. The first-order valence-corrected chi connectivity index (χ1v) is 2.57. The van der Waals surface area contributed by atoms with Gasteiger partial charge < -0.3 is 59.7 Å². The Hall–Kier alpha value is 1.83. The Kier molecular flexibility index (Phi) is 50.7. The summed E-state index contributed by atoms with van der Waals surface area (Å²) < 4.78 is 0. The average Bonchev–Trinajstić information content (AvgIpc) is 1.90. The quantitative estimate of drug-likeness (QED) is 0.506. The summed E-state index contributed by atoms with van der Waals surface area (Å²) in [6, 6.07) is 3.09. The zero-order valence-electron chi connectivity index (χ0n) is 7.65. The molecule has 1 aromatic heterocycles. The van der Waals surface area contributed by atoms with Crippen LogP contribution >= 0.6 is 0 Å². The van der Waals surface area contributed by atoms with E-state index in [1.165, 1.54) is 12.4 Å². The van der Waals surface area contributed by atoms with Gasteiger partial charge in [0.15, 0.2) is 0 Å². The van der Waals surface area contributed by atoms with Crippen molar-refractivity contribution in [2.75, 3.05) is 0 Å². The van der Waals surface area contributed by atoms with Gasteiger partial charge in [-0.15, -0.1) is 0 Å². The van der Waals surface area contributed by atoms with E-state index in [2.05, 4.69) is 4.98 Å². The first-order valence-electron chi connectivity index (χ1n) is 2.57. The molecule has 15 heavy (non-hydrogen) atoms. The van der Waals surface area contributed by atoms with Crippen LogP contribution in [0.3, 0.4) is 0 Å². The van der Waals surface area contributed by atoms with Gasteiger partial charge in [0.25, 0.3) is 0 Å². The maximum absolute atomic E-state index is 8.55. The van der Waals surface area contributed by atoms with E-state index in [9.17, 15) is 0 Å². The van der Waals surface area contributed by atoms with E-state index >= 15 is 0 Å². The van der Waals surface area contributed by atoms with Gasteiger partial charge in [0, 0.05) is 12.4 Å². The van der Waals surface area contributed by atoms with Crippen molar-refractivity contribution in [1.29, 1.82) is 0 Å². The van der Waals surface area contributed by atoms with Gasteiger partial charge in [-0.05, 0) is 17.6 Å². The molecule has 3 nitrogen and oxygen atoms in total. The number of hydrogen-bond acceptors (Lipinski definition) is 3. The average molecular weight is 313 g/mol. The molecule has 0 atom stereocenters. The first-order chi connectivity index (χ1) is 4.30. The van der Waals surface area contributed by atoms with Crippen molar-refractivity contribution in [3.8, 4) is 0 Å². The van der Waals surface area contributed by atoms with Crippen LogP contribution in [0.2, 0.25) is 0 Å². The molecule has 0 amide bonds. The van der Waals surface area contributed by atoms with Crippen LogP contribution in [-0.2, 0) is 0 Å². The molecule has 0 aliphatic carbocycles. The second-order valence-electron chi connectivity index (χ2n) is 1.65. The Bertz CT molecular complexity index is 198. The summed E-state index contributed by atoms with van der Waals surface area (Å²) in [7, 11) is -1.38. The fraction of sp³-hybridized carbons (Fsp3) is 0. The van der Waals surface area contributed by atoms with Gasteiger partial charge in [-0.25, -0.2) is 0 Å². The summed E-state index contributed by atoms with van der Waals surface area (Å²) in [5.41, 5.74) is 0.463. The van der Waals surface area contributed by atoms with Crippen molar-refractivity contribution >= 4 is 58.7 Å². The molecular formula is C5H6BCl4Mg2NO2. The Morgan fingerprint density at radius 2 is 1.20 bits per heavy atom.